The molecule has 12 heavy (non-hydrogen) atoms. The van der Waals surface area contributed by atoms with E-state index in [1.807, 2.05) is 5.38 Å². The highest BCUT2D eigenvalue weighted by atomic mass is 32.1. The predicted octanol–water partition coefficient (Wildman–Crippen LogP) is 1.16. The van der Waals surface area contributed by atoms with Crippen LogP contribution in [0.5, 0.6) is 0 Å². The van der Waals surface area contributed by atoms with Crippen LogP contribution >= 0.6 is 11.3 Å². The summed E-state index contributed by atoms with van der Waals surface area (Å²) in [5.74, 6) is 0.576. The minimum atomic E-state index is -0.0573. The molecule has 0 radical (unpaired) electrons. The molecule has 1 aromatic heterocycles. The molecule has 0 unspecified atom stereocenters. The van der Waals surface area contributed by atoms with Gasteiger partial charge in [0.05, 0.1) is 11.6 Å². The fraction of sp³-hybridized carbons (Fsp3) is 0.500. The lowest BCUT2D eigenvalue weighted by molar-refractivity contribution is 0.0997. The van der Waals surface area contributed by atoms with Crippen LogP contribution in [0.25, 0.3) is 0 Å². The van der Waals surface area contributed by atoms with E-state index in [0.29, 0.717) is 11.6 Å². The van der Waals surface area contributed by atoms with Crippen molar-refractivity contribution in [2.75, 3.05) is 6.54 Å². The molecule has 0 aromatic carbocycles. The molecule has 0 spiro atoms. The van der Waals surface area contributed by atoms with E-state index in [1.54, 1.807) is 11.3 Å². The number of hydrogen-bond acceptors (Lipinski definition) is 4. The van der Waals surface area contributed by atoms with Gasteiger partial charge in [-0.25, -0.2) is 4.98 Å². The molecule has 0 aliphatic heterocycles. The predicted molar refractivity (Wildman–Crippen MR) is 47.5 cm³/mol. The van der Waals surface area contributed by atoms with E-state index in [0.717, 1.165) is 5.01 Å². The molecule has 1 aromatic rings. The molecular weight excluding hydrogens is 172 g/mol. The Labute approximate surface area is 74.6 Å². The lowest BCUT2D eigenvalue weighted by Gasteiger charge is -1.88. The van der Waals surface area contributed by atoms with Gasteiger partial charge < -0.3 is 5.73 Å². The van der Waals surface area contributed by atoms with Gasteiger partial charge in [0.25, 0.3) is 0 Å². The van der Waals surface area contributed by atoms with Crippen molar-refractivity contribution in [1.29, 1.82) is 0 Å². The number of nitrogens with two attached hydrogens (primary N) is 1. The molecule has 64 valence electrons. The van der Waals surface area contributed by atoms with Crippen molar-refractivity contribution in [2.45, 2.75) is 18.8 Å². The van der Waals surface area contributed by atoms with Gasteiger partial charge in [-0.2, -0.15) is 0 Å². The highest BCUT2D eigenvalue weighted by molar-refractivity contribution is 7.10. The number of thiazole rings is 1. The summed E-state index contributed by atoms with van der Waals surface area (Å²) in [6, 6.07) is 0. The second kappa shape index (κ2) is 2.95. The second-order valence-electron chi connectivity index (χ2n) is 2.97. The van der Waals surface area contributed by atoms with Gasteiger partial charge in [-0.15, -0.1) is 11.3 Å². The zero-order valence-electron chi connectivity index (χ0n) is 6.62. The molecule has 0 saturated heterocycles. The van der Waals surface area contributed by atoms with Crippen molar-refractivity contribution >= 4 is 17.1 Å². The van der Waals surface area contributed by atoms with Crippen molar-refractivity contribution in [3.8, 4) is 0 Å². The molecule has 2 rings (SSSR count). The first kappa shape index (κ1) is 7.89. The van der Waals surface area contributed by atoms with Crippen LogP contribution in [-0.2, 0) is 0 Å². The summed E-state index contributed by atoms with van der Waals surface area (Å²) in [4.78, 5) is 15.3. The third-order valence-electron chi connectivity index (χ3n) is 1.92. The Kier molecular flexibility index (Phi) is 1.94. The SMILES string of the molecule is NCC(=O)c1csc(C2CC2)n1. The smallest absolute Gasteiger partial charge is 0.195 e. The van der Waals surface area contributed by atoms with Crippen molar-refractivity contribution < 1.29 is 4.79 Å². The van der Waals surface area contributed by atoms with Gasteiger partial charge >= 0.3 is 0 Å². The molecule has 4 heteroatoms. The van der Waals surface area contributed by atoms with Crippen LogP contribution in [-0.4, -0.2) is 17.3 Å². The Morgan fingerprint density at radius 2 is 2.50 bits per heavy atom. The molecule has 1 aliphatic rings. The maximum atomic E-state index is 11.1. The summed E-state index contributed by atoms with van der Waals surface area (Å²) < 4.78 is 0. The quantitative estimate of drug-likeness (QED) is 0.714. The van der Waals surface area contributed by atoms with Crippen LogP contribution < -0.4 is 5.73 Å². The highest BCUT2D eigenvalue weighted by Gasteiger charge is 2.27. The third-order valence-corrected chi connectivity index (χ3v) is 2.93. The van der Waals surface area contributed by atoms with Crippen LogP contribution in [0.1, 0.15) is 34.3 Å². The topological polar surface area (TPSA) is 56.0 Å². The zero-order valence-corrected chi connectivity index (χ0v) is 7.43. The van der Waals surface area contributed by atoms with E-state index >= 15 is 0 Å². The van der Waals surface area contributed by atoms with Gasteiger partial charge in [-0.05, 0) is 12.8 Å². The summed E-state index contributed by atoms with van der Waals surface area (Å²) in [7, 11) is 0. The molecule has 0 amide bonds. The number of carbonyl (C=O) groups is 1. The number of rotatable bonds is 3. The van der Waals surface area contributed by atoms with E-state index in [4.69, 9.17) is 5.73 Å². The number of nitrogens with zero attached hydrogens (tertiary/aromatic N) is 1. The first-order valence-electron chi connectivity index (χ1n) is 4.00. The fourth-order valence-corrected chi connectivity index (χ4v) is 2.03. The van der Waals surface area contributed by atoms with Crippen LogP contribution in [0.4, 0.5) is 0 Å². The monoisotopic (exact) mass is 182 g/mol. The van der Waals surface area contributed by atoms with Gasteiger partial charge in [-0.1, -0.05) is 0 Å². The molecule has 3 nitrogen and oxygen atoms in total. The second-order valence-corrected chi connectivity index (χ2v) is 3.86. The fourth-order valence-electron chi connectivity index (χ4n) is 1.04. The van der Waals surface area contributed by atoms with Crippen LogP contribution in [0.15, 0.2) is 5.38 Å². The standard InChI is InChI=1S/C8H10N2OS/c9-3-7(11)6-4-12-8(10-6)5-1-2-5/h4-5H,1-3,9H2. The normalized spacial score (nSPS) is 16.4. The minimum Gasteiger partial charge on any atom is -0.324 e. The average Bonchev–Trinajstić information content (AvgIpc) is 2.83. The molecule has 1 fully saturated rings. The third kappa shape index (κ3) is 1.40. The van der Waals surface area contributed by atoms with E-state index in [9.17, 15) is 4.79 Å². The summed E-state index contributed by atoms with van der Waals surface area (Å²) in [5.41, 5.74) is 5.77. The number of hydrogen-bond donors (Lipinski definition) is 1. The molecule has 0 bridgehead atoms. The number of carbonyl (C=O) groups excluding carboxylic acids is 1. The molecular formula is C8H10N2OS. The maximum absolute atomic E-state index is 11.1. The number of aromatic nitrogens is 1. The average molecular weight is 182 g/mol. The molecule has 1 aliphatic carbocycles. The van der Waals surface area contributed by atoms with Gasteiger partial charge in [0.2, 0.25) is 0 Å². The maximum Gasteiger partial charge on any atom is 0.195 e. The molecule has 0 atom stereocenters. The van der Waals surface area contributed by atoms with E-state index in [1.165, 1.54) is 12.8 Å². The Morgan fingerprint density at radius 1 is 1.75 bits per heavy atom. The van der Waals surface area contributed by atoms with Gasteiger partial charge in [-0.3, -0.25) is 4.79 Å². The number of Topliss-reactive ketones (excluding diaryl/α,β-unsaturated/α-hetero) is 1. The van der Waals surface area contributed by atoms with Crippen molar-refractivity contribution in [1.82, 2.24) is 4.98 Å². The van der Waals surface area contributed by atoms with Crippen molar-refractivity contribution in [3.05, 3.63) is 16.1 Å². The van der Waals surface area contributed by atoms with E-state index < -0.39 is 0 Å². The summed E-state index contributed by atoms with van der Waals surface area (Å²) in [6.45, 7) is 0.0633. The van der Waals surface area contributed by atoms with E-state index in [-0.39, 0.29) is 12.3 Å². The first-order chi connectivity index (χ1) is 5.81. The minimum absolute atomic E-state index is 0.0573. The Morgan fingerprint density at radius 3 is 3.08 bits per heavy atom. The summed E-state index contributed by atoms with van der Waals surface area (Å²) in [5, 5.41) is 2.91. The first-order valence-corrected chi connectivity index (χ1v) is 4.88. The molecule has 1 heterocycles. The van der Waals surface area contributed by atoms with Crippen LogP contribution in [0.2, 0.25) is 0 Å². The zero-order chi connectivity index (χ0) is 8.55. The van der Waals surface area contributed by atoms with Gasteiger partial charge in [0, 0.05) is 11.3 Å². The highest BCUT2D eigenvalue weighted by Crippen LogP contribution is 2.41. The number of ketones is 1. The summed E-state index contributed by atoms with van der Waals surface area (Å²) in [6.07, 6.45) is 2.45. The Balaban J connectivity index is 2.17. The lowest BCUT2D eigenvalue weighted by atomic mass is 10.3. The van der Waals surface area contributed by atoms with Crippen molar-refractivity contribution in [2.24, 2.45) is 5.73 Å². The Hall–Kier alpha value is -0.740. The Bertz CT molecular complexity index is 304. The van der Waals surface area contributed by atoms with Crippen LogP contribution in [0.3, 0.4) is 0 Å². The molecule has 2 N–H and O–H groups in total. The van der Waals surface area contributed by atoms with E-state index in [2.05, 4.69) is 4.98 Å². The summed E-state index contributed by atoms with van der Waals surface area (Å²) >= 11 is 1.58. The van der Waals surface area contributed by atoms with Gasteiger partial charge in [0.15, 0.2) is 5.78 Å². The van der Waals surface area contributed by atoms with Gasteiger partial charge in [0.1, 0.15) is 5.69 Å². The van der Waals surface area contributed by atoms with Crippen LogP contribution in [0, 0.1) is 0 Å². The lowest BCUT2D eigenvalue weighted by Crippen LogP contribution is -2.13. The van der Waals surface area contributed by atoms with Crippen molar-refractivity contribution in [3.63, 3.8) is 0 Å². The molecule has 1 saturated carbocycles. The largest absolute Gasteiger partial charge is 0.324 e.